The van der Waals surface area contributed by atoms with Gasteiger partial charge in [-0.3, -0.25) is 4.79 Å². The van der Waals surface area contributed by atoms with E-state index in [0.29, 0.717) is 6.61 Å². The van der Waals surface area contributed by atoms with Crippen molar-refractivity contribution in [2.45, 2.75) is 38.3 Å². The van der Waals surface area contributed by atoms with Gasteiger partial charge in [0, 0.05) is 17.6 Å². The third kappa shape index (κ3) is 4.59. The molecule has 0 bridgehead atoms. The van der Waals surface area contributed by atoms with E-state index in [1.165, 1.54) is 0 Å². The summed E-state index contributed by atoms with van der Waals surface area (Å²) in [6, 6.07) is 17.7. The van der Waals surface area contributed by atoms with E-state index in [1.54, 1.807) is 0 Å². The van der Waals surface area contributed by atoms with Crippen LogP contribution < -0.4 is 15.8 Å². The van der Waals surface area contributed by atoms with E-state index in [4.69, 9.17) is 10.5 Å². The molecule has 0 aromatic heterocycles. The topological polar surface area (TPSA) is 64.4 Å². The number of ether oxygens (including phenoxy) is 1. The van der Waals surface area contributed by atoms with Crippen LogP contribution in [-0.2, 0) is 11.4 Å². The molecule has 2 aromatic carbocycles. The van der Waals surface area contributed by atoms with Gasteiger partial charge in [0.2, 0.25) is 5.91 Å². The quantitative estimate of drug-likeness (QED) is 0.881. The number of hydrogen-bond donors (Lipinski definition) is 2. The number of carbonyl (C=O) groups excluding carboxylic acids is 1. The van der Waals surface area contributed by atoms with Crippen LogP contribution in [0.25, 0.3) is 0 Å². The maximum Gasteiger partial charge on any atom is 0.227 e. The molecule has 2 aromatic rings. The zero-order valence-electron chi connectivity index (χ0n) is 13.8. The van der Waals surface area contributed by atoms with Gasteiger partial charge in [-0.25, -0.2) is 0 Å². The van der Waals surface area contributed by atoms with Gasteiger partial charge in [-0.15, -0.1) is 0 Å². The van der Waals surface area contributed by atoms with Gasteiger partial charge in [-0.1, -0.05) is 36.8 Å². The van der Waals surface area contributed by atoms with Crippen molar-refractivity contribution in [1.29, 1.82) is 0 Å². The molecule has 1 saturated carbocycles. The summed E-state index contributed by atoms with van der Waals surface area (Å²) in [5.74, 6) is 0.891. The van der Waals surface area contributed by atoms with Crippen molar-refractivity contribution in [2.75, 3.05) is 5.32 Å². The number of hydrogen-bond acceptors (Lipinski definition) is 3. The summed E-state index contributed by atoms with van der Waals surface area (Å²) < 4.78 is 5.75. The van der Waals surface area contributed by atoms with Gasteiger partial charge >= 0.3 is 0 Å². The van der Waals surface area contributed by atoms with Crippen molar-refractivity contribution < 1.29 is 9.53 Å². The van der Waals surface area contributed by atoms with Crippen LogP contribution in [0, 0.1) is 5.92 Å². The zero-order chi connectivity index (χ0) is 16.8. The summed E-state index contributed by atoms with van der Waals surface area (Å²) >= 11 is 0. The number of carbonyl (C=O) groups is 1. The standard InChI is InChI=1S/C20H24N2O2/c21-17-8-4-7-16(13-17)20(23)22-18-9-11-19(12-10-18)24-14-15-5-2-1-3-6-15/h1-3,5-6,9-12,16-17H,4,7-8,13-14,21H2,(H,22,23). The molecule has 2 atom stereocenters. The van der Waals surface area contributed by atoms with Crippen molar-refractivity contribution in [3.8, 4) is 5.75 Å². The lowest BCUT2D eigenvalue weighted by Gasteiger charge is -2.25. The van der Waals surface area contributed by atoms with E-state index in [1.807, 2.05) is 54.6 Å². The molecular formula is C20H24N2O2. The molecule has 0 radical (unpaired) electrons. The van der Waals surface area contributed by atoms with Gasteiger partial charge in [-0.2, -0.15) is 0 Å². The Morgan fingerprint density at radius 2 is 1.83 bits per heavy atom. The maximum atomic E-state index is 12.3. The minimum atomic E-state index is 0.0303. The predicted molar refractivity (Wildman–Crippen MR) is 95.8 cm³/mol. The molecule has 0 heterocycles. The van der Waals surface area contributed by atoms with Crippen LogP contribution in [0.1, 0.15) is 31.2 Å². The van der Waals surface area contributed by atoms with Gasteiger partial charge in [0.25, 0.3) is 0 Å². The van der Waals surface area contributed by atoms with Crippen molar-refractivity contribution in [3.05, 3.63) is 60.2 Å². The highest BCUT2D eigenvalue weighted by Gasteiger charge is 2.25. The van der Waals surface area contributed by atoms with Crippen molar-refractivity contribution >= 4 is 11.6 Å². The molecule has 24 heavy (non-hydrogen) atoms. The Labute approximate surface area is 143 Å². The zero-order valence-corrected chi connectivity index (χ0v) is 13.8. The van der Waals surface area contributed by atoms with Crippen molar-refractivity contribution in [1.82, 2.24) is 0 Å². The van der Waals surface area contributed by atoms with Crippen LogP contribution in [0.5, 0.6) is 5.75 Å². The minimum Gasteiger partial charge on any atom is -0.489 e. The Balaban J connectivity index is 1.51. The first-order valence-electron chi connectivity index (χ1n) is 8.54. The number of benzene rings is 2. The summed E-state index contributed by atoms with van der Waals surface area (Å²) in [5.41, 5.74) is 7.89. The SMILES string of the molecule is NC1CCCC(C(=O)Nc2ccc(OCc3ccccc3)cc2)C1. The summed E-state index contributed by atoms with van der Waals surface area (Å²) in [4.78, 5) is 12.3. The minimum absolute atomic E-state index is 0.0303. The molecule has 0 spiro atoms. The average Bonchev–Trinajstić information content (AvgIpc) is 2.62. The smallest absolute Gasteiger partial charge is 0.227 e. The van der Waals surface area contributed by atoms with E-state index >= 15 is 0 Å². The van der Waals surface area contributed by atoms with E-state index < -0.39 is 0 Å². The molecule has 0 saturated heterocycles. The Morgan fingerprint density at radius 1 is 1.08 bits per heavy atom. The lowest BCUT2D eigenvalue weighted by atomic mass is 9.85. The van der Waals surface area contributed by atoms with E-state index in [9.17, 15) is 4.79 Å². The highest BCUT2D eigenvalue weighted by Crippen LogP contribution is 2.25. The van der Waals surface area contributed by atoms with E-state index in [0.717, 1.165) is 42.7 Å². The molecular weight excluding hydrogens is 300 g/mol. The summed E-state index contributed by atoms with van der Waals surface area (Å²) in [7, 11) is 0. The van der Waals surface area contributed by atoms with Crippen LogP contribution in [0.15, 0.2) is 54.6 Å². The third-order valence-electron chi connectivity index (χ3n) is 4.46. The van der Waals surface area contributed by atoms with Crippen molar-refractivity contribution in [3.63, 3.8) is 0 Å². The van der Waals surface area contributed by atoms with E-state index in [2.05, 4.69) is 5.32 Å². The van der Waals surface area contributed by atoms with E-state index in [-0.39, 0.29) is 17.9 Å². The second-order valence-electron chi connectivity index (χ2n) is 6.41. The first-order valence-corrected chi connectivity index (χ1v) is 8.54. The lowest BCUT2D eigenvalue weighted by molar-refractivity contribution is -0.120. The van der Waals surface area contributed by atoms with Gasteiger partial charge in [-0.05, 0) is 49.1 Å². The molecule has 1 amide bonds. The lowest BCUT2D eigenvalue weighted by Crippen LogP contribution is -2.34. The van der Waals surface area contributed by atoms with Crippen LogP contribution in [0.3, 0.4) is 0 Å². The van der Waals surface area contributed by atoms with Crippen LogP contribution >= 0.6 is 0 Å². The van der Waals surface area contributed by atoms with Crippen LogP contribution in [-0.4, -0.2) is 11.9 Å². The first kappa shape index (κ1) is 16.5. The molecule has 1 aliphatic carbocycles. The summed E-state index contributed by atoms with van der Waals surface area (Å²) in [5, 5.41) is 2.98. The van der Waals surface area contributed by atoms with Gasteiger partial charge < -0.3 is 15.8 Å². The highest BCUT2D eigenvalue weighted by molar-refractivity contribution is 5.92. The number of nitrogens with two attached hydrogens (primary N) is 1. The normalized spacial score (nSPS) is 20.4. The van der Waals surface area contributed by atoms with Gasteiger partial charge in [0.15, 0.2) is 0 Å². The second-order valence-corrected chi connectivity index (χ2v) is 6.41. The van der Waals surface area contributed by atoms with Gasteiger partial charge in [0.1, 0.15) is 12.4 Å². The third-order valence-corrected chi connectivity index (χ3v) is 4.46. The number of amides is 1. The summed E-state index contributed by atoms with van der Waals surface area (Å²) in [6.45, 7) is 0.534. The molecule has 4 heteroatoms. The van der Waals surface area contributed by atoms with Gasteiger partial charge in [0.05, 0.1) is 0 Å². The molecule has 3 N–H and O–H groups in total. The molecule has 1 fully saturated rings. The fraction of sp³-hybridized carbons (Fsp3) is 0.350. The Bertz CT molecular complexity index is 655. The Kier molecular flexibility index (Phi) is 5.49. The Hall–Kier alpha value is -2.33. The van der Waals surface area contributed by atoms with Crippen LogP contribution in [0.2, 0.25) is 0 Å². The number of nitrogens with one attached hydrogen (secondary N) is 1. The van der Waals surface area contributed by atoms with Crippen molar-refractivity contribution in [2.24, 2.45) is 11.7 Å². The first-order chi connectivity index (χ1) is 11.7. The van der Waals surface area contributed by atoms with Crippen LogP contribution in [0.4, 0.5) is 5.69 Å². The fourth-order valence-electron chi connectivity index (χ4n) is 3.09. The molecule has 3 rings (SSSR count). The largest absolute Gasteiger partial charge is 0.489 e. The monoisotopic (exact) mass is 324 g/mol. The summed E-state index contributed by atoms with van der Waals surface area (Å²) in [6.07, 6.45) is 3.77. The fourth-order valence-corrected chi connectivity index (χ4v) is 3.09. The molecule has 4 nitrogen and oxygen atoms in total. The predicted octanol–water partition coefficient (Wildman–Crippen LogP) is 3.72. The molecule has 126 valence electrons. The molecule has 0 aliphatic heterocycles. The highest BCUT2D eigenvalue weighted by atomic mass is 16.5. The maximum absolute atomic E-state index is 12.3. The number of rotatable bonds is 5. The molecule has 2 unspecified atom stereocenters. The Morgan fingerprint density at radius 3 is 2.54 bits per heavy atom. The average molecular weight is 324 g/mol. The number of anilines is 1. The molecule has 1 aliphatic rings. The second kappa shape index (κ2) is 7.97.